The molecule has 0 saturated carbocycles. The Balaban J connectivity index is 2.69. The van der Waals surface area contributed by atoms with Crippen LogP contribution in [0.2, 0.25) is 0 Å². The minimum Gasteiger partial charge on any atom is -0.478 e. The van der Waals surface area contributed by atoms with E-state index in [1.807, 2.05) is 6.07 Å². The lowest BCUT2D eigenvalue weighted by molar-refractivity contribution is 0.0697. The monoisotopic (exact) mass is 260 g/mol. The van der Waals surface area contributed by atoms with Gasteiger partial charge in [0.1, 0.15) is 5.82 Å². The number of hydrogen-bond donors (Lipinski definition) is 1. The Morgan fingerprint density at radius 1 is 1.37 bits per heavy atom. The summed E-state index contributed by atoms with van der Waals surface area (Å²) in [7, 11) is 0. The second-order valence-corrected chi connectivity index (χ2v) is 5.25. The maximum atomic E-state index is 11.0. The lowest BCUT2D eigenvalue weighted by Gasteiger charge is -2.16. The molecule has 0 fully saturated rings. The SMILES string of the molecule is CCC(C)c1nc2cc(C(=O)O)ccc2n1C(C)C. The minimum absolute atomic E-state index is 0.289. The van der Waals surface area contributed by atoms with Gasteiger partial charge in [0.2, 0.25) is 0 Å². The van der Waals surface area contributed by atoms with Gasteiger partial charge >= 0.3 is 5.97 Å². The van der Waals surface area contributed by atoms with Crippen LogP contribution in [0.1, 0.15) is 62.3 Å². The molecule has 1 aromatic carbocycles. The van der Waals surface area contributed by atoms with E-state index >= 15 is 0 Å². The maximum Gasteiger partial charge on any atom is 0.335 e. The molecule has 0 amide bonds. The topological polar surface area (TPSA) is 55.1 Å². The summed E-state index contributed by atoms with van der Waals surface area (Å²) in [6.07, 6.45) is 1.02. The van der Waals surface area contributed by atoms with E-state index in [1.165, 1.54) is 0 Å². The van der Waals surface area contributed by atoms with E-state index in [0.29, 0.717) is 12.0 Å². The zero-order valence-corrected chi connectivity index (χ0v) is 11.8. The summed E-state index contributed by atoms with van der Waals surface area (Å²) in [5.74, 6) is 0.490. The van der Waals surface area contributed by atoms with Crippen LogP contribution in [0.5, 0.6) is 0 Å². The molecule has 0 aliphatic rings. The van der Waals surface area contributed by atoms with Crippen LogP contribution in [0, 0.1) is 0 Å². The highest BCUT2D eigenvalue weighted by Crippen LogP contribution is 2.28. The molecule has 0 bridgehead atoms. The van der Waals surface area contributed by atoms with Crippen molar-refractivity contribution in [1.29, 1.82) is 0 Å². The van der Waals surface area contributed by atoms with Crippen molar-refractivity contribution >= 4 is 17.0 Å². The Morgan fingerprint density at radius 3 is 2.58 bits per heavy atom. The molecule has 0 radical (unpaired) electrons. The first kappa shape index (κ1) is 13.6. The molecule has 0 saturated heterocycles. The van der Waals surface area contributed by atoms with Crippen LogP contribution in [-0.2, 0) is 0 Å². The molecular formula is C15H20N2O2. The van der Waals surface area contributed by atoms with Crippen molar-refractivity contribution in [3.05, 3.63) is 29.6 Å². The molecule has 1 aromatic heterocycles. The summed E-state index contributed by atoms with van der Waals surface area (Å²) >= 11 is 0. The summed E-state index contributed by atoms with van der Waals surface area (Å²) in [6, 6.07) is 5.47. The van der Waals surface area contributed by atoms with Gasteiger partial charge < -0.3 is 9.67 Å². The predicted octanol–water partition coefficient (Wildman–Crippen LogP) is 3.83. The van der Waals surface area contributed by atoms with Crippen LogP contribution in [0.4, 0.5) is 0 Å². The zero-order valence-electron chi connectivity index (χ0n) is 11.8. The fraction of sp³-hybridized carbons (Fsp3) is 0.467. The summed E-state index contributed by atoms with van der Waals surface area (Å²) < 4.78 is 2.20. The maximum absolute atomic E-state index is 11.0. The molecule has 19 heavy (non-hydrogen) atoms. The van der Waals surface area contributed by atoms with Gasteiger partial charge in [-0.15, -0.1) is 0 Å². The van der Waals surface area contributed by atoms with Gasteiger partial charge in [-0.2, -0.15) is 0 Å². The van der Waals surface area contributed by atoms with Crippen molar-refractivity contribution in [2.75, 3.05) is 0 Å². The predicted molar refractivity (Wildman–Crippen MR) is 75.8 cm³/mol. The first-order chi connectivity index (χ1) is 8.95. The molecule has 2 rings (SSSR count). The first-order valence-electron chi connectivity index (χ1n) is 6.70. The third kappa shape index (κ3) is 2.35. The van der Waals surface area contributed by atoms with E-state index in [-0.39, 0.29) is 5.56 Å². The van der Waals surface area contributed by atoms with Crippen LogP contribution in [0.25, 0.3) is 11.0 Å². The molecule has 102 valence electrons. The second kappa shape index (κ2) is 5.03. The van der Waals surface area contributed by atoms with E-state index in [2.05, 4.69) is 37.2 Å². The van der Waals surface area contributed by atoms with E-state index < -0.39 is 5.97 Å². The lowest BCUT2D eigenvalue weighted by Crippen LogP contribution is -2.08. The summed E-state index contributed by atoms with van der Waals surface area (Å²) in [4.78, 5) is 15.7. The number of benzene rings is 1. The Bertz CT molecular complexity index is 614. The Labute approximate surface area is 113 Å². The van der Waals surface area contributed by atoms with Gasteiger partial charge in [-0.3, -0.25) is 0 Å². The number of fused-ring (bicyclic) bond motifs is 1. The van der Waals surface area contributed by atoms with Gasteiger partial charge in [-0.05, 0) is 38.5 Å². The molecule has 4 nitrogen and oxygen atoms in total. The molecular weight excluding hydrogens is 240 g/mol. The van der Waals surface area contributed by atoms with Crippen molar-refractivity contribution in [2.24, 2.45) is 0 Å². The molecule has 1 unspecified atom stereocenters. The number of imidazole rings is 1. The standard InChI is InChI=1S/C15H20N2O2/c1-5-10(4)14-16-12-8-11(15(18)19)6-7-13(12)17(14)9(2)3/h6-10H,5H2,1-4H3,(H,18,19). The van der Waals surface area contributed by atoms with Crippen molar-refractivity contribution in [3.8, 4) is 0 Å². The number of aromatic carboxylic acids is 1. The molecule has 0 spiro atoms. The van der Waals surface area contributed by atoms with Gasteiger partial charge in [0.15, 0.2) is 0 Å². The molecule has 0 aliphatic carbocycles. The molecule has 2 aromatic rings. The highest BCUT2D eigenvalue weighted by atomic mass is 16.4. The molecule has 0 aliphatic heterocycles. The van der Waals surface area contributed by atoms with Crippen molar-refractivity contribution < 1.29 is 9.90 Å². The first-order valence-corrected chi connectivity index (χ1v) is 6.70. The lowest BCUT2D eigenvalue weighted by atomic mass is 10.1. The summed E-state index contributed by atoms with van der Waals surface area (Å²) in [6.45, 7) is 8.53. The van der Waals surface area contributed by atoms with Gasteiger partial charge in [0.25, 0.3) is 0 Å². The third-order valence-electron chi connectivity index (χ3n) is 3.53. The number of aromatic nitrogens is 2. The largest absolute Gasteiger partial charge is 0.478 e. The number of rotatable bonds is 4. The van der Waals surface area contributed by atoms with Crippen molar-refractivity contribution in [2.45, 2.75) is 46.1 Å². The fourth-order valence-corrected chi connectivity index (χ4v) is 2.32. The van der Waals surface area contributed by atoms with Crippen LogP contribution < -0.4 is 0 Å². The van der Waals surface area contributed by atoms with Crippen LogP contribution in [0.15, 0.2) is 18.2 Å². The Kier molecular flexibility index (Phi) is 3.60. The zero-order chi connectivity index (χ0) is 14.2. The van der Waals surface area contributed by atoms with E-state index in [9.17, 15) is 4.79 Å². The van der Waals surface area contributed by atoms with Crippen LogP contribution in [-0.4, -0.2) is 20.6 Å². The number of nitrogens with zero attached hydrogens (tertiary/aromatic N) is 2. The number of carbonyl (C=O) groups is 1. The average Bonchev–Trinajstić information content (AvgIpc) is 2.75. The average molecular weight is 260 g/mol. The molecule has 4 heteroatoms. The minimum atomic E-state index is -0.911. The molecule has 1 heterocycles. The second-order valence-electron chi connectivity index (χ2n) is 5.25. The van der Waals surface area contributed by atoms with E-state index in [0.717, 1.165) is 23.3 Å². The number of carboxylic acid groups (broad SMARTS) is 1. The van der Waals surface area contributed by atoms with E-state index in [4.69, 9.17) is 5.11 Å². The fourth-order valence-electron chi connectivity index (χ4n) is 2.32. The molecule has 1 atom stereocenters. The van der Waals surface area contributed by atoms with Gasteiger partial charge in [-0.25, -0.2) is 9.78 Å². The van der Waals surface area contributed by atoms with Gasteiger partial charge in [0, 0.05) is 12.0 Å². The number of carboxylic acids is 1. The highest BCUT2D eigenvalue weighted by Gasteiger charge is 2.18. The Hall–Kier alpha value is -1.84. The molecule has 1 N–H and O–H groups in total. The summed E-state index contributed by atoms with van der Waals surface area (Å²) in [5, 5.41) is 9.05. The third-order valence-corrected chi connectivity index (χ3v) is 3.53. The normalized spacial score (nSPS) is 13.1. The van der Waals surface area contributed by atoms with Gasteiger partial charge in [-0.1, -0.05) is 13.8 Å². The van der Waals surface area contributed by atoms with Crippen molar-refractivity contribution in [1.82, 2.24) is 9.55 Å². The summed E-state index contributed by atoms with van der Waals surface area (Å²) in [5.41, 5.74) is 2.07. The van der Waals surface area contributed by atoms with Crippen molar-refractivity contribution in [3.63, 3.8) is 0 Å². The smallest absolute Gasteiger partial charge is 0.335 e. The van der Waals surface area contributed by atoms with Crippen LogP contribution >= 0.6 is 0 Å². The van der Waals surface area contributed by atoms with Crippen LogP contribution in [0.3, 0.4) is 0 Å². The number of hydrogen-bond acceptors (Lipinski definition) is 2. The Morgan fingerprint density at radius 2 is 2.05 bits per heavy atom. The quantitative estimate of drug-likeness (QED) is 0.909. The highest BCUT2D eigenvalue weighted by molar-refractivity contribution is 5.92. The van der Waals surface area contributed by atoms with E-state index in [1.54, 1.807) is 12.1 Å². The van der Waals surface area contributed by atoms with Gasteiger partial charge in [0.05, 0.1) is 16.6 Å².